The lowest BCUT2D eigenvalue weighted by atomic mass is 9.96. The number of hydrogen-bond acceptors (Lipinski definition) is 5. The second kappa shape index (κ2) is 9.43. The Morgan fingerprint density at radius 1 is 1.11 bits per heavy atom. The van der Waals surface area contributed by atoms with Crippen molar-refractivity contribution in [2.75, 3.05) is 13.1 Å². The van der Waals surface area contributed by atoms with Crippen LogP contribution in [0.5, 0.6) is 0 Å². The third-order valence-electron chi connectivity index (χ3n) is 7.56. The molecule has 5 rings (SSSR count). The number of hydrogen-bond donors (Lipinski definition) is 1. The van der Waals surface area contributed by atoms with Crippen molar-refractivity contribution in [3.05, 3.63) is 67.2 Å². The maximum atomic E-state index is 13.7. The van der Waals surface area contributed by atoms with Gasteiger partial charge in [0.1, 0.15) is 4.83 Å². The Morgan fingerprint density at radius 3 is 2.35 bits per heavy atom. The summed E-state index contributed by atoms with van der Waals surface area (Å²) in [6.45, 7) is 1.73. The Morgan fingerprint density at radius 2 is 1.76 bits per heavy atom. The fourth-order valence-electron chi connectivity index (χ4n) is 5.17. The van der Waals surface area contributed by atoms with Gasteiger partial charge in [-0.1, -0.05) is 30.3 Å². The van der Waals surface area contributed by atoms with Crippen molar-refractivity contribution >= 4 is 27.5 Å². The van der Waals surface area contributed by atoms with Gasteiger partial charge in [-0.25, -0.2) is 4.79 Å². The maximum absolute atomic E-state index is 13.7. The molecule has 1 amide bonds. The number of likely N-dealkylation sites (tertiary alicyclic amines) is 1. The van der Waals surface area contributed by atoms with Crippen LogP contribution in [0.15, 0.2) is 39.9 Å². The highest BCUT2D eigenvalue weighted by atomic mass is 32.1. The number of aromatic nitrogens is 2. The number of fused-ring (bicyclic) bond motifs is 1. The maximum Gasteiger partial charge on any atom is 0.390 e. The van der Waals surface area contributed by atoms with Crippen LogP contribution >= 0.6 is 11.3 Å². The van der Waals surface area contributed by atoms with E-state index < -0.39 is 41.9 Å². The van der Waals surface area contributed by atoms with Crippen molar-refractivity contribution in [1.29, 1.82) is 0 Å². The summed E-state index contributed by atoms with van der Waals surface area (Å²) in [5.41, 5.74) is -0.428. The number of nitrogens with zero attached hydrogens (tertiary/aromatic N) is 3. The van der Waals surface area contributed by atoms with Gasteiger partial charge >= 0.3 is 11.9 Å². The molecular weight excluding hydrogens is 507 g/mol. The molecule has 0 atom stereocenters. The molecule has 2 fully saturated rings. The molecule has 1 aromatic carbocycles. The quantitative estimate of drug-likeness (QED) is 0.520. The highest BCUT2D eigenvalue weighted by Gasteiger charge is 2.45. The minimum Gasteiger partial charge on any atom is -0.393 e. The lowest BCUT2D eigenvalue weighted by Gasteiger charge is -2.29. The van der Waals surface area contributed by atoms with Crippen LogP contribution in [0.3, 0.4) is 0 Å². The van der Waals surface area contributed by atoms with Gasteiger partial charge in [0.05, 0.1) is 22.8 Å². The van der Waals surface area contributed by atoms with Crippen molar-refractivity contribution in [3.63, 3.8) is 0 Å². The summed E-state index contributed by atoms with van der Waals surface area (Å²) in [6.07, 6.45) is -3.82. The highest BCUT2D eigenvalue weighted by Crippen LogP contribution is 2.49. The summed E-state index contributed by atoms with van der Waals surface area (Å²) in [4.78, 5) is 42.4. The second-order valence-electron chi connectivity index (χ2n) is 10.1. The summed E-state index contributed by atoms with van der Waals surface area (Å²) >= 11 is 0.899. The first kappa shape index (κ1) is 25.7. The molecule has 3 aromatic rings. The van der Waals surface area contributed by atoms with Crippen LogP contribution in [0, 0.1) is 6.92 Å². The molecule has 0 spiro atoms. The molecule has 0 bridgehead atoms. The average molecular weight is 536 g/mol. The smallest absolute Gasteiger partial charge is 0.390 e. The molecule has 11 heteroatoms. The Kier molecular flexibility index (Phi) is 6.56. The van der Waals surface area contributed by atoms with E-state index in [2.05, 4.69) is 0 Å². The zero-order valence-electron chi connectivity index (χ0n) is 20.4. The number of aliphatic hydroxyl groups excluding tert-OH is 1. The highest BCUT2D eigenvalue weighted by molar-refractivity contribution is 7.20. The molecule has 198 valence electrons. The lowest BCUT2D eigenvalue weighted by Crippen LogP contribution is -2.42. The van der Waals surface area contributed by atoms with Gasteiger partial charge in [-0.15, -0.1) is 11.3 Å². The van der Waals surface area contributed by atoms with Crippen LogP contribution in [0.4, 0.5) is 13.2 Å². The third-order valence-corrected chi connectivity index (χ3v) is 8.86. The SMILES string of the molecule is Cc1c(C(=O)N2CCC(O)CC2)sc2c1c(=O)n(CC1(c3ccccc3)CC1)c(=O)n2CCC(F)(F)F. The first-order chi connectivity index (χ1) is 17.5. The van der Waals surface area contributed by atoms with Crippen molar-refractivity contribution in [2.24, 2.45) is 0 Å². The zero-order chi connectivity index (χ0) is 26.5. The van der Waals surface area contributed by atoms with E-state index >= 15 is 0 Å². The molecule has 3 heterocycles. The number of piperidine rings is 1. The molecule has 1 N–H and O–H groups in total. The van der Waals surface area contributed by atoms with Gasteiger partial charge in [0.25, 0.3) is 11.5 Å². The number of aryl methyl sites for hydroxylation is 2. The van der Waals surface area contributed by atoms with E-state index in [-0.39, 0.29) is 27.5 Å². The van der Waals surface area contributed by atoms with Gasteiger partial charge in [0.15, 0.2) is 0 Å². The second-order valence-corrected chi connectivity index (χ2v) is 11.1. The topological polar surface area (TPSA) is 84.5 Å². The van der Waals surface area contributed by atoms with Gasteiger partial charge < -0.3 is 10.0 Å². The van der Waals surface area contributed by atoms with Crippen molar-refractivity contribution < 1.29 is 23.1 Å². The first-order valence-corrected chi connectivity index (χ1v) is 13.2. The summed E-state index contributed by atoms with van der Waals surface area (Å²) in [6, 6.07) is 9.49. The molecule has 1 saturated carbocycles. The predicted octanol–water partition coefficient (Wildman–Crippen LogP) is 3.81. The number of halogens is 3. The van der Waals surface area contributed by atoms with Crippen LogP contribution < -0.4 is 11.2 Å². The number of aliphatic hydroxyl groups is 1. The minimum atomic E-state index is -4.49. The van der Waals surface area contributed by atoms with E-state index in [1.165, 1.54) is 0 Å². The number of alkyl halides is 3. The minimum absolute atomic E-state index is 0.0687. The van der Waals surface area contributed by atoms with Crippen LogP contribution in [0.1, 0.15) is 52.9 Å². The number of carbonyl (C=O) groups excluding carboxylic acids is 1. The van der Waals surface area contributed by atoms with Crippen LogP contribution in [0.25, 0.3) is 10.2 Å². The Balaban J connectivity index is 1.63. The standard InChI is InChI=1S/C26H28F3N3O4S/c1-16-19-21(34)32(15-25(9-10-25)17-5-3-2-4-6-17)24(36)31(14-11-26(27,28)29)23(19)37-20(16)22(35)30-12-7-18(33)8-13-30/h2-6,18,33H,7-15H2,1H3. The van der Waals surface area contributed by atoms with E-state index in [4.69, 9.17) is 0 Å². The van der Waals surface area contributed by atoms with Crippen molar-refractivity contribution in [2.45, 2.75) is 69.8 Å². The summed E-state index contributed by atoms with van der Waals surface area (Å²) < 4.78 is 41.6. The number of rotatable bonds is 6. The molecular formula is C26H28F3N3O4S. The molecule has 1 aliphatic heterocycles. The van der Waals surface area contributed by atoms with E-state index in [9.17, 15) is 32.7 Å². The molecule has 2 aliphatic rings. The van der Waals surface area contributed by atoms with Gasteiger partial charge in [0.2, 0.25) is 0 Å². The van der Waals surface area contributed by atoms with Gasteiger partial charge in [-0.3, -0.25) is 18.7 Å². The van der Waals surface area contributed by atoms with Crippen LogP contribution in [-0.2, 0) is 18.5 Å². The van der Waals surface area contributed by atoms with Crippen molar-refractivity contribution in [3.8, 4) is 0 Å². The number of amides is 1. The normalized spacial score (nSPS) is 17.9. The number of carbonyl (C=O) groups is 1. The molecule has 37 heavy (non-hydrogen) atoms. The molecule has 1 aliphatic carbocycles. The molecule has 7 nitrogen and oxygen atoms in total. The largest absolute Gasteiger partial charge is 0.393 e. The number of benzene rings is 1. The van der Waals surface area contributed by atoms with Crippen LogP contribution in [0.2, 0.25) is 0 Å². The van der Waals surface area contributed by atoms with Gasteiger partial charge in [0, 0.05) is 31.6 Å². The summed E-state index contributed by atoms with van der Waals surface area (Å²) in [5.74, 6) is -0.339. The van der Waals surface area contributed by atoms with Gasteiger partial charge in [-0.05, 0) is 43.7 Å². The molecule has 1 saturated heterocycles. The zero-order valence-corrected chi connectivity index (χ0v) is 21.2. The monoisotopic (exact) mass is 535 g/mol. The van der Waals surface area contributed by atoms with E-state index in [1.807, 2.05) is 30.3 Å². The molecule has 0 unspecified atom stereocenters. The molecule has 0 radical (unpaired) electrons. The Hall–Kier alpha value is -2.92. The third kappa shape index (κ3) is 4.86. The molecule has 2 aromatic heterocycles. The number of thiophene rings is 1. The van der Waals surface area contributed by atoms with E-state index in [0.717, 1.165) is 38.9 Å². The van der Waals surface area contributed by atoms with Crippen LogP contribution in [-0.4, -0.2) is 50.4 Å². The summed E-state index contributed by atoms with van der Waals surface area (Å²) in [5, 5.41) is 9.90. The summed E-state index contributed by atoms with van der Waals surface area (Å²) in [7, 11) is 0. The Labute approximate surface area is 214 Å². The predicted molar refractivity (Wildman–Crippen MR) is 134 cm³/mol. The lowest BCUT2D eigenvalue weighted by molar-refractivity contribution is -0.136. The van der Waals surface area contributed by atoms with Crippen molar-refractivity contribution in [1.82, 2.24) is 14.0 Å². The average Bonchev–Trinajstić information content (AvgIpc) is 3.57. The fraction of sp³-hybridized carbons (Fsp3) is 0.500. The fourth-order valence-corrected chi connectivity index (χ4v) is 6.46. The Bertz CT molecular complexity index is 1450. The van der Waals surface area contributed by atoms with E-state index in [0.29, 0.717) is 31.5 Å². The first-order valence-electron chi connectivity index (χ1n) is 12.4. The van der Waals surface area contributed by atoms with Gasteiger partial charge in [-0.2, -0.15) is 13.2 Å². The van der Waals surface area contributed by atoms with E-state index in [1.54, 1.807) is 11.8 Å².